The number of fused-ring (bicyclic) bond motifs is 1. The van der Waals surface area contributed by atoms with Gasteiger partial charge in [-0.25, -0.2) is 0 Å². The molecule has 0 fully saturated rings. The number of nitrogens with two attached hydrogens (primary N) is 1. The number of carboxylic acid groups (broad SMARTS) is 1. The Morgan fingerprint density at radius 1 is 1.32 bits per heavy atom. The first-order valence-electron chi connectivity index (χ1n) is 6.05. The summed E-state index contributed by atoms with van der Waals surface area (Å²) in [5.74, 6) is 0.276. The number of aliphatic carboxylic acids is 1. The third-order valence-electron chi connectivity index (χ3n) is 3.09. The van der Waals surface area contributed by atoms with Gasteiger partial charge in [0.05, 0.1) is 6.04 Å². The summed E-state index contributed by atoms with van der Waals surface area (Å²) in [6, 6.07) is 3.98. The van der Waals surface area contributed by atoms with Crippen molar-refractivity contribution in [2.75, 3.05) is 27.3 Å². The van der Waals surface area contributed by atoms with Crippen molar-refractivity contribution >= 4 is 5.97 Å². The molecule has 2 rings (SSSR count). The highest BCUT2D eigenvalue weighted by Crippen LogP contribution is 2.34. The van der Waals surface area contributed by atoms with E-state index in [1.54, 1.807) is 31.1 Å². The van der Waals surface area contributed by atoms with Crippen molar-refractivity contribution in [3.63, 3.8) is 0 Å². The molecule has 104 valence electrons. The van der Waals surface area contributed by atoms with Crippen LogP contribution in [0.3, 0.4) is 0 Å². The van der Waals surface area contributed by atoms with E-state index < -0.39 is 18.1 Å². The standard InChI is InChI=1S/C13H18N2O4/c1-15(2)12(11(14)13(16)17)8-3-4-9-10(7-8)19-6-5-18-9/h3-4,7,11-12H,5-6,14H2,1-2H3,(H,16,17). The zero-order valence-electron chi connectivity index (χ0n) is 11.0. The van der Waals surface area contributed by atoms with Gasteiger partial charge in [0.25, 0.3) is 0 Å². The smallest absolute Gasteiger partial charge is 0.322 e. The topological polar surface area (TPSA) is 85.0 Å². The molecule has 0 aromatic heterocycles. The van der Waals surface area contributed by atoms with Crippen LogP contribution < -0.4 is 15.2 Å². The van der Waals surface area contributed by atoms with Crippen LogP contribution in [-0.4, -0.2) is 49.3 Å². The molecule has 0 amide bonds. The first-order valence-corrected chi connectivity index (χ1v) is 6.05. The number of carbonyl (C=O) groups is 1. The van der Waals surface area contributed by atoms with E-state index in [9.17, 15) is 4.79 Å². The van der Waals surface area contributed by atoms with E-state index in [2.05, 4.69) is 0 Å². The van der Waals surface area contributed by atoms with E-state index in [-0.39, 0.29) is 0 Å². The fourth-order valence-corrected chi connectivity index (χ4v) is 2.21. The second-order valence-electron chi connectivity index (χ2n) is 4.68. The predicted octanol–water partition coefficient (Wildman–Crippen LogP) is 0.472. The van der Waals surface area contributed by atoms with Gasteiger partial charge in [-0.05, 0) is 31.8 Å². The van der Waals surface area contributed by atoms with Crippen LogP contribution >= 0.6 is 0 Å². The Morgan fingerprint density at radius 3 is 2.53 bits per heavy atom. The van der Waals surface area contributed by atoms with Gasteiger partial charge in [0.2, 0.25) is 0 Å². The van der Waals surface area contributed by atoms with E-state index in [4.69, 9.17) is 20.3 Å². The molecule has 0 bridgehead atoms. The van der Waals surface area contributed by atoms with Gasteiger partial charge in [0.1, 0.15) is 19.3 Å². The third-order valence-corrected chi connectivity index (χ3v) is 3.09. The largest absolute Gasteiger partial charge is 0.486 e. The number of carboxylic acids is 1. The summed E-state index contributed by atoms with van der Waals surface area (Å²) in [6.45, 7) is 1.02. The second-order valence-corrected chi connectivity index (χ2v) is 4.68. The summed E-state index contributed by atoms with van der Waals surface area (Å²) >= 11 is 0. The van der Waals surface area contributed by atoms with Gasteiger partial charge in [-0.15, -0.1) is 0 Å². The number of nitrogens with zero attached hydrogens (tertiary/aromatic N) is 1. The Balaban J connectivity index is 2.34. The summed E-state index contributed by atoms with van der Waals surface area (Å²) in [7, 11) is 3.59. The second kappa shape index (κ2) is 5.46. The summed E-state index contributed by atoms with van der Waals surface area (Å²) in [5.41, 5.74) is 6.55. The maximum Gasteiger partial charge on any atom is 0.322 e. The molecule has 19 heavy (non-hydrogen) atoms. The lowest BCUT2D eigenvalue weighted by Crippen LogP contribution is -2.43. The van der Waals surface area contributed by atoms with Crippen molar-refractivity contribution in [1.29, 1.82) is 0 Å². The van der Waals surface area contributed by atoms with Crippen LogP contribution in [-0.2, 0) is 4.79 Å². The van der Waals surface area contributed by atoms with Crippen molar-refractivity contribution in [2.24, 2.45) is 5.73 Å². The highest BCUT2D eigenvalue weighted by molar-refractivity contribution is 5.74. The maximum absolute atomic E-state index is 11.1. The molecule has 3 N–H and O–H groups in total. The summed E-state index contributed by atoms with van der Waals surface area (Å²) < 4.78 is 10.9. The Kier molecular flexibility index (Phi) is 3.92. The highest BCUT2D eigenvalue weighted by atomic mass is 16.6. The molecule has 6 nitrogen and oxygen atoms in total. The molecular formula is C13H18N2O4. The molecule has 0 saturated carbocycles. The molecule has 0 radical (unpaired) electrons. The minimum absolute atomic E-state index is 0.423. The van der Waals surface area contributed by atoms with Crippen LogP contribution in [0.5, 0.6) is 11.5 Å². The fourth-order valence-electron chi connectivity index (χ4n) is 2.21. The maximum atomic E-state index is 11.1. The third kappa shape index (κ3) is 2.80. The molecule has 1 aliphatic rings. The molecular weight excluding hydrogens is 248 g/mol. The molecule has 2 atom stereocenters. The van der Waals surface area contributed by atoms with Gasteiger partial charge in [0.15, 0.2) is 11.5 Å². The lowest BCUT2D eigenvalue weighted by Gasteiger charge is -2.29. The number of rotatable bonds is 4. The molecule has 1 aliphatic heterocycles. The molecule has 1 aromatic rings. The predicted molar refractivity (Wildman–Crippen MR) is 69.5 cm³/mol. The minimum atomic E-state index is -1.03. The van der Waals surface area contributed by atoms with Gasteiger partial charge in [-0.2, -0.15) is 0 Å². The van der Waals surface area contributed by atoms with Gasteiger partial charge < -0.3 is 25.2 Å². The normalized spacial score (nSPS) is 17.1. The lowest BCUT2D eigenvalue weighted by molar-refractivity contribution is -0.140. The van der Waals surface area contributed by atoms with E-state index in [1.807, 2.05) is 6.07 Å². The number of hydrogen-bond donors (Lipinski definition) is 2. The zero-order chi connectivity index (χ0) is 14.0. The fraction of sp³-hybridized carbons (Fsp3) is 0.462. The average Bonchev–Trinajstić information content (AvgIpc) is 2.38. The van der Waals surface area contributed by atoms with E-state index in [0.717, 1.165) is 5.56 Å². The Morgan fingerprint density at radius 2 is 1.95 bits per heavy atom. The zero-order valence-corrected chi connectivity index (χ0v) is 11.0. The summed E-state index contributed by atoms with van der Waals surface area (Å²) in [6.07, 6.45) is 0. The Bertz CT molecular complexity index is 476. The molecule has 6 heteroatoms. The van der Waals surface area contributed by atoms with E-state index in [1.165, 1.54) is 0 Å². The van der Waals surface area contributed by atoms with E-state index in [0.29, 0.717) is 24.7 Å². The monoisotopic (exact) mass is 266 g/mol. The lowest BCUT2D eigenvalue weighted by atomic mass is 9.98. The van der Waals surface area contributed by atoms with Gasteiger partial charge in [-0.1, -0.05) is 6.07 Å². The quantitative estimate of drug-likeness (QED) is 0.824. The van der Waals surface area contributed by atoms with Crippen LogP contribution in [0.1, 0.15) is 11.6 Å². The van der Waals surface area contributed by atoms with Crippen molar-refractivity contribution in [3.05, 3.63) is 23.8 Å². The average molecular weight is 266 g/mol. The van der Waals surface area contributed by atoms with Crippen molar-refractivity contribution in [1.82, 2.24) is 4.90 Å². The molecule has 0 spiro atoms. The van der Waals surface area contributed by atoms with Gasteiger partial charge in [0, 0.05) is 0 Å². The number of hydrogen-bond acceptors (Lipinski definition) is 5. The molecule has 1 aromatic carbocycles. The van der Waals surface area contributed by atoms with Crippen LogP contribution in [0.25, 0.3) is 0 Å². The van der Waals surface area contributed by atoms with Gasteiger partial charge in [-0.3, -0.25) is 4.79 Å². The van der Waals surface area contributed by atoms with Crippen LogP contribution in [0.4, 0.5) is 0 Å². The van der Waals surface area contributed by atoms with Crippen molar-refractivity contribution in [3.8, 4) is 11.5 Å². The van der Waals surface area contributed by atoms with Crippen molar-refractivity contribution in [2.45, 2.75) is 12.1 Å². The number of benzene rings is 1. The van der Waals surface area contributed by atoms with E-state index >= 15 is 0 Å². The van der Waals surface area contributed by atoms with Crippen LogP contribution in [0.15, 0.2) is 18.2 Å². The molecule has 0 saturated heterocycles. The Labute approximate surface area is 111 Å². The highest BCUT2D eigenvalue weighted by Gasteiger charge is 2.28. The Hall–Kier alpha value is -1.79. The van der Waals surface area contributed by atoms with Crippen LogP contribution in [0.2, 0.25) is 0 Å². The summed E-state index contributed by atoms with van der Waals surface area (Å²) in [5, 5.41) is 9.09. The number of ether oxygens (including phenoxy) is 2. The van der Waals surface area contributed by atoms with Gasteiger partial charge >= 0.3 is 5.97 Å². The first-order chi connectivity index (χ1) is 9.00. The molecule has 2 unspecified atom stereocenters. The SMILES string of the molecule is CN(C)C(c1ccc2c(c1)OCCO2)C(N)C(=O)O. The first kappa shape index (κ1) is 13.6. The minimum Gasteiger partial charge on any atom is -0.486 e. The molecule has 1 heterocycles. The number of likely N-dealkylation sites (N-methyl/N-ethyl adjacent to an activating group) is 1. The summed E-state index contributed by atoms with van der Waals surface area (Å²) in [4.78, 5) is 12.9. The molecule has 0 aliphatic carbocycles. The van der Waals surface area contributed by atoms with Crippen LogP contribution in [0, 0.1) is 0 Å². The van der Waals surface area contributed by atoms with Crippen molar-refractivity contribution < 1.29 is 19.4 Å².